The summed E-state index contributed by atoms with van der Waals surface area (Å²) in [5, 5.41) is 3.21. The summed E-state index contributed by atoms with van der Waals surface area (Å²) in [4.78, 5) is 3.45. The van der Waals surface area contributed by atoms with E-state index in [4.69, 9.17) is 4.74 Å². The molecule has 5 nitrogen and oxygen atoms in total. The Bertz CT molecular complexity index is 1070. The van der Waals surface area contributed by atoms with Gasteiger partial charge in [0.25, 0.3) is 0 Å². The van der Waals surface area contributed by atoms with Gasteiger partial charge in [-0.05, 0) is 50.1 Å². The molecule has 150 valence electrons. The first kappa shape index (κ1) is 19.6. The van der Waals surface area contributed by atoms with Crippen LogP contribution in [0.15, 0.2) is 78.0 Å². The van der Waals surface area contributed by atoms with Gasteiger partial charge in [0.1, 0.15) is 12.4 Å². The average Bonchev–Trinajstić information content (AvgIpc) is 3.24. The number of benzene rings is 2. The molecule has 1 atom stereocenters. The van der Waals surface area contributed by atoms with Crippen molar-refractivity contribution in [1.82, 2.24) is 10.3 Å². The smallest absolute Gasteiger partial charge is 0.200 e. The predicted octanol–water partition coefficient (Wildman–Crippen LogP) is 3.99. The van der Waals surface area contributed by atoms with Crippen LogP contribution < -0.4 is 10.1 Å². The van der Waals surface area contributed by atoms with Gasteiger partial charge < -0.3 is 4.74 Å². The van der Waals surface area contributed by atoms with Gasteiger partial charge >= 0.3 is 0 Å². The van der Waals surface area contributed by atoms with E-state index in [1.165, 1.54) is 0 Å². The maximum Gasteiger partial charge on any atom is 0.200 e. The molecule has 0 radical (unpaired) electrons. The zero-order chi connectivity index (χ0) is 20.3. The van der Waals surface area contributed by atoms with E-state index in [0.29, 0.717) is 23.6 Å². The SMILES string of the molecule is Cc1ccc(S(=O)(=O)[C@]2(COc3cncc(-c4ccccc4)c3)CCCN2)cc1. The van der Waals surface area contributed by atoms with Crippen molar-refractivity contribution in [3.05, 3.63) is 78.6 Å². The van der Waals surface area contributed by atoms with Gasteiger partial charge in [0.2, 0.25) is 9.84 Å². The van der Waals surface area contributed by atoms with Crippen molar-refractivity contribution in [2.24, 2.45) is 0 Å². The summed E-state index contributed by atoms with van der Waals surface area (Å²) in [5.41, 5.74) is 2.99. The number of hydrogen-bond acceptors (Lipinski definition) is 5. The van der Waals surface area contributed by atoms with E-state index in [9.17, 15) is 8.42 Å². The fraction of sp³-hybridized carbons (Fsp3) is 0.261. The van der Waals surface area contributed by atoms with Gasteiger partial charge in [-0.1, -0.05) is 48.0 Å². The molecular formula is C23H24N2O3S. The summed E-state index contributed by atoms with van der Waals surface area (Å²) in [7, 11) is -3.61. The Labute approximate surface area is 171 Å². The molecule has 1 aromatic heterocycles. The third-order valence-electron chi connectivity index (χ3n) is 5.34. The van der Waals surface area contributed by atoms with Crippen LogP contribution >= 0.6 is 0 Å². The van der Waals surface area contributed by atoms with Crippen molar-refractivity contribution in [2.75, 3.05) is 13.2 Å². The molecule has 1 fully saturated rings. The first-order valence-electron chi connectivity index (χ1n) is 9.70. The number of pyridine rings is 1. The van der Waals surface area contributed by atoms with Gasteiger partial charge in [0.05, 0.1) is 11.1 Å². The summed E-state index contributed by atoms with van der Waals surface area (Å²) in [6, 6.07) is 18.8. The molecule has 0 bridgehead atoms. The van der Waals surface area contributed by atoms with Gasteiger partial charge in [-0.2, -0.15) is 0 Å². The molecule has 0 aliphatic carbocycles. The minimum Gasteiger partial charge on any atom is -0.489 e. The number of aromatic nitrogens is 1. The topological polar surface area (TPSA) is 68.3 Å². The molecule has 4 rings (SSSR count). The summed E-state index contributed by atoms with van der Waals surface area (Å²) in [6.45, 7) is 2.62. The molecule has 0 amide bonds. The first-order chi connectivity index (χ1) is 14.0. The largest absolute Gasteiger partial charge is 0.489 e. The van der Waals surface area contributed by atoms with Gasteiger partial charge in [-0.25, -0.2) is 8.42 Å². The highest BCUT2D eigenvalue weighted by atomic mass is 32.2. The van der Waals surface area contributed by atoms with E-state index >= 15 is 0 Å². The summed E-state index contributed by atoms with van der Waals surface area (Å²) in [6.07, 6.45) is 4.69. The van der Waals surface area contributed by atoms with Crippen LogP contribution in [0.1, 0.15) is 18.4 Å². The molecule has 0 unspecified atom stereocenters. The average molecular weight is 409 g/mol. The van der Waals surface area contributed by atoms with E-state index in [-0.39, 0.29) is 6.61 Å². The van der Waals surface area contributed by atoms with Crippen molar-refractivity contribution >= 4 is 9.84 Å². The van der Waals surface area contributed by atoms with Gasteiger partial charge in [-0.15, -0.1) is 0 Å². The van der Waals surface area contributed by atoms with Crippen LogP contribution in [0, 0.1) is 6.92 Å². The van der Waals surface area contributed by atoms with Crippen LogP contribution in [0.25, 0.3) is 11.1 Å². The maximum atomic E-state index is 13.4. The summed E-state index contributed by atoms with van der Waals surface area (Å²) in [5.74, 6) is 0.554. The molecule has 1 saturated heterocycles. The number of nitrogens with zero attached hydrogens (tertiary/aromatic N) is 1. The predicted molar refractivity (Wildman–Crippen MR) is 114 cm³/mol. The van der Waals surface area contributed by atoms with E-state index in [1.807, 2.05) is 55.5 Å². The van der Waals surface area contributed by atoms with Crippen molar-refractivity contribution in [1.29, 1.82) is 0 Å². The van der Waals surface area contributed by atoms with Crippen molar-refractivity contribution in [2.45, 2.75) is 29.5 Å². The Morgan fingerprint density at radius 3 is 2.48 bits per heavy atom. The fourth-order valence-corrected chi connectivity index (χ4v) is 5.50. The highest BCUT2D eigenvalue weighted by molar-refractivity contribution is 7.92. The Morgan fingerprint density at radius 1 is 1.03 bits per heavy atom. The maximum absolute atomic E-state index is 13.4. The summed E-state index contributed by atoms with van der Waals surface area (Å²) < 4.78 is 32.8. The molecule has 3 aromatic rings. The Kier molecular flexibility index (Phi) is 5.39. The number of aryl methyl sites for hydroxylation is 1. The number of hydrogen-bond donors (Lipinski definition) is 1. The van der Waals surface area contributed by atoms with E-state index < -0.39 is 14.7 Å². The van der Waals surface area contributed by atoms with Gasteiger partial charge in [0, 0.05) is 11.8 Å². The zero-order valence-corrected chi connectivity index (χ0v) is 17.2. The molecule has 6 heteroatoms. The second-order valence-corrected chi connectivity index (χ2v) is 9.66. The molecule has 2 aromatic carbocycles. The summed E-state index contributed by atoms with van der Waals surface area (Å²) >= 11 is 0. The lowest BCUT2D eigenvalue weighted by Crippen LogP contribution is -2.52. The molecular weight excluding hydrogens is 384 g/mol. The Balaban J connectivity index is 1.59. The Morgan fingerprint density at radius 2 is 1.79 bits per heavy atom. The second kappa shape index (κ2) is 7.97. The third kappa shape index (κ3) is 3.91. The number of nitrogens with one attached hydrogen (secondary N) is 1. The molecule has 1 N–H and O–H groups in total. The van der Waals surface area contributed by atoms with E-state index in [1.54, 1.807) is 24.5 Å². The quantitative estimate of drug-likeness (QED) is 0.668. The van der Waals surface area contributed by atoms with Gasteiger partial charge in [-0.3, -0.25) is 10.3 Å². The lowest BCUT2D eigenvalue weighted by Gasteiger charge is -2.29. The molecule has 29 heavy (non-hydrogen) atoms. The van der Waals surface area contributed by atoms with Crippen LogP contribution in [0.5, 0.6) is 5.75 Å². The lowest BCUT2D eigenvalue weighted by molar-refractivity contribution is 0.250. The molecule has 0 saturated carbocycles. The normalized spacial score (nSPS) is 19.2. The molecule has 1 aliphatic heterocycles. The minimum atomic E-state index is -3.61. The highest BCUT2D eigenvalue weighted by Crippen LogP contribution is 2.33. The highest BCUT2D eigenvalue weighted by Gasteiger charge is 2.47. The molecule has 0 spiro atoms. The minimum absolute atomic E-state index is 0.0309. The number of ether oxygens (including phenoxy) is 1. The van der Waals surface area contributed by atoms with Crippen molar-refractivity contribution in [3.63, 3.8) is 0 Å². The van der Waals surface area contributed by atoms with Crippen LogP contribution in [-0.4, -0.2) is 31.4 Å². The molecule has 1 aliphatic rings. The standard InChI is InChI=1S/C23H24N2O3S/c1-18-8-10-22(11-9-18)29(26,27)23(12-5-13-25-23)17-28-21-14-20(15-24-16-21)19-6-3-2-4-7-19/h2-4,6-11,14-16,25H,5,12-13,17H2,1H3/t23-/m0/s1. The van der Waals surface area contributed by atoms with Crippen LogP contribution in [0.2, 0.25) is 0 Å². The Hall–Kier alpha value is -2.70. The molecule has 2 heterocycles. The number of sulfone groups is 1. The first-order valence-corrected chi connectivity index (χ1v) is 11.2. The third-order valence-corrected chi connectivity index (χ3v) is 7.73. The van der Waals surface area contributed by atoms with Crippen LogP contribution in [0.4, 0.5) is 0 Å². The number of rotatable bonds is 6. The zero-order valence-electron chi connectivity index (χ0n) is 16.3. The van der Waals surface area contributed by atoms with E-state index in [0.717, 1.165) is 23.1 Å². The van der Waals surface area contributed by atoms with Crippen molar-refractivity contribution in [3.8, 4) is 16.9 Å². The second-order valence-electron chi connectivity index (χ2n) is 7.41. The van der Waals surface area contributed by atoms with Crippen LogP contribution in [0.3, 0.4) is 0 Å². The lowest BCUT2D eigenvalue weighted by atomic mass is 10.1. The van der Waals surface area contributed by atoms with E-state index in [2.05, 4.69) is 10.3 Å². The van der Waals surface area contributed by atoms with Gasteiger partial charge in [0.15, 0.2) is 4.87 Å². The monoisotopic (exact) mass is 408 g/mol. The fourth-order valence-electron chi connectivity index (χ4n) is 3.64. The van der Waals surface area contributed by atoms with Crippen molar-refractivity contribution < 1.29 is 13.2 Å². The van der Waals surface area contributed by atoms with Crippen LogP contribution in [-0.2, 0) is 9.84 Å².